The van der Waals surface area contributed by atoms with E-state index in [1.807, 2.05) is 71.9 Å². The van der Waals surface area contributed by atoms with Crippen molar-refractivity contribution >= 4 is 35.3 Å². The van der Waals surface area contributed by atoms with Crippen LogP contribution in [0.25, 0.3) is 0 Å². The molecule has 0 spiro atoms. The van der Waals surface area contributed by atoms with Crippen LogP contribution in [0.15, 0.2) is 48.5 Å². The number of hydrogen-bond donors (Lipinski definition) is 2. The molecule has 0 bridgehead atoms. The molecule has 0 aromatic heterocycles. The molecule has 2 aliphatic heterocycles. The number of urea groups is 2. The van der Waals surface area contributed by atoms with Gasteiger partial charge in [0, 0.05) is 75.6 Å². The van der Waals surface area contributed by atoms with Gasteiger partial charge in [0.15, 0.2) is 0 Å². The maximum absolute atomic E-state index is 12.5. The second-order valence-electron chi connectivity index (χ2n) is 16.0. The molecule has 10 nitrogen and oxygen atoms in total. The SMILES string of the molecule is CC(C)CCC(=O)N1CCCN(C(=O)Nc2ccc(C(C)C)cc2)CC1.CC(C)c1ccc(NC(=O)N2CCCN(C(=O)C(C)(C)C)CC2)cc1. The Labute approximate surface area is 307 Å². The number of amides is 6. The minimum atomic E-state index is -0.379. The smallest absolute Gasteiger partial charge is 0.321 e. The van der Waals surface area contributed by atoms with E-state index in [1.54, 1.807) is 4.90 Å². The molecule has 0 unspecified atom stereocenters. The number of carbonyl (C=O) groups excluding carboxylic acids is 4. The normalized spacial score (nSPS) is 15.6. The second kappa shape index (κ2) is 19.5. The van der Waals surface area contributed by atoms with E-state index in [-0.39, 0.29) is 29.3 Å². The quantitative estimate of drug-likeness (QED) is 0.303. The predicted molar refractivity (Wildman–Crippen MR) is 208 cm³/mol. The fourth-order valence-corrected chi connectivity index (χ4v) is 6.05. The Hall–Kier alpha value is -4.08. The molecule has 2 aromatic rings. The summed E-state index contributed by atoms with van der Waals surface area (Å²) < 4.78 is 0. The molecular formula is C41H64N6O4. The van der Waals surface area contributed by atoms with Crippen molar-refractivity contribution in [1.82, 2.24) is 19.6 Å². The highest BCUT2D eigenvalue weighted by molar-refractivity contribution is 5.90. The summed E-state index contributed by atoms with van der Waals surface area (Å²) >= 11 is 0. The van der Waals surface area contributed by atoms with E-state index in [0.717, 1.165) is 37.2 Å². The molecule has 2 aromatic carbocycles. The van der Waals surface area contributed by atoms with Crippen molar-refractivity contribution in [2.45, 2.75) is 99.8 Å². The number of carbonyl (C=O) groups is 4. The minimum Gasteiger partial charge on any atom is -0.341 e. The maximum atomic E-state index is 12.5. The summed E-state index contributed by atoms with van der Waals surface area (Å²) in [6.45, 7) is 23.9. The van der Waals surface area contributed by atoms with Gasteiger partial charge in [-0.15, -0.1) is 0 Å². The lowest BCUT2D eigenvalue weighted by Crippen LogP contribution is -2.42. The van der Waals surface area contributed by atoms with Gasteiger partial charge in [-0.25, -0.2) is 9.59 Å². The lowest BCUT2D eigenvalue weighted by molar-refractivity contribution is -0.139. The van der Waals surface area contributed by atoms with Crippen molar-refractivity contribution < 1.29 is 19.2 Å². The minimum absolute atomic E-state index is 0.0845. The first kappa shape index (κ1) is 41.3. The zero-order valence-corrected chi connectivity index (χ0v) is 32.8. The Balaban J connectivity index is 0.000000276. The van der Waals surface area contributed by atoms with Crippen LogP contribution in [0.4, 0.5) is 21.0 Å². The molecule has 2 N–H and O–H groups in total. The van der Waals surface area contributed by atoms with Gasteiger partial charge in [0.05, 0.1) is 0 Å². The van der Waals surface area contributed by atoms with Crippen molar-refractivity contribution in [2.24, 2.45) is 11.3 Å². The second-order valence-corrected chi connectivity index (χ2v) is 16.0. The highest BCUT2D eigenvalue weighted by Gasteiger charge is 2.29. The first-order valence-electron chi connectivity index (χ1n) is 18.9. The fraction of sp³-hybridized carbons (Fsp3) is 0.610. The third-order valence-electron chi connectivity index (χ3n) is 9.44. The number of hydrogen-bond acceptors (Lipinski definition) is 4. The van der Waals surface area contributed by atoms with Crippen LogP contribution in [0.3, 0.4) is 0 Å². The van der Waals surface area contributed by atoms with Gasteiger partial charge in [0.2, 0.25) is 11.8 Å². The van der Waals surface area contributed by atoms with Gasteiger partial charge in [-0.2, -0.15) is 0 Å². The highest BCUT2D eigenvalue weighted by Crippen LogP contribution is 2.21. The predicted octanol–water partition coefficient (Wildman–Crippen LogP) is 8.23. The largest absolute Gasteiger partial charge is 0.341 e. The number of nitrogens with zero attached hydrogens (tertiary/aromatic N) is 4. The summed E-state index contributed by atoms with van der Waals surface area (Å²) in [6, 6.07) is 15.8. The van der Waals surface area contributed by atoms with Crippen LogP contribution in [0.1, 0.15) is 111 Å². The Morgan fingerprint density at radius 1 is 0.569 bits per heavy atom. The van der Waals surface area contributed by atoms with Crippen LogP contribution >= 0.6 is 0 Å². The number of nitrogens with one attached hydrogen (secondary N) is 2. The molecule has 10 heteroatoms. The summed E-state index contributed by atoms with van der Waals surface area (Å²) in [5.41, 5.74) is 3.75. The molecule has 0 aliphatic carbocycles. The summed E-state index contributed by atoms with van der Waals surface area (Å²) in [5.74, 6) is 1.85. The van der Waals surface area contributed by atoms with Crippen LogP contribution in [-0.2, 0) is 9.59 Å². The van der Waals surface area contributed by atoms with Crippen molar-refractivity contribution in [2.75, 3.05) is 63.0 Å². The topological polar surface area (TPSA) is 105 Å². The van der Waals surface area contributed by atoms with Gasteiger partial charge in [0.25, 0.3) is 0 Å². The Morgan fingerprint density at radius 3 is 1.33 bits per heavy atom. The van der Waals surface area contributed by atoms with Gasteiger partial charge >= 0.3 is 12.1 Å². The van der Waals surface area contributed by atoms with E-state index < -0.39 is 0 Å². The third-order valence-corrected chi connectivity index (χ3v) is 9.44. The molecule has 4 rings (SSSR count). The molecule has 2 fully saturated rings. The Kier molecular flexibility index (Phi) is 15.8. The average molecular weight is 705 g/mol. The van der Waals surface area contributed by atoms with Crippen LogP contribution in [0.5, 0.6) is 0 Å². The molecule has 2 heterocycles. The van der Waals surface area contributed by atoms with Crippen LogP contribution in [0.2, 0.25) is 0 Å². The van der Waals surface area contributed by atoms with Crippen LogP contribution in [-0.4, -0.2) is 95.8 Å². The van der Waals surface area contributed by atoms with E-state index in [0.29, 0.717) is 70.0 Å². The molecule has 282 valence electrons. The zero-order valence-electron chi connectivity index (χ0n) is 32.8. The monoisotopic (exact) mass is 704 g/mol. The van der Waals surface area contributed by atoms with Gasteiger partial charge in [-0.1, -0.05) is 86.6 Å². The first-order chi connectivity index (χ1) is 24.0. The van der Waals surface area contributed by atoms with Crippen molar-refractivity contribution in [3.8, 4) is 0 Å². The third kappa shape index (κ3) is 13.5. The van der Waals surface area contributed by atoms with Crippen LogP contribution in [0, 0.1) is 11.3 Å². The number of anilines is 2. The maximum Gasteiger partial charge on any atom is 0.321 e. The lowest BCUT2D eigenvalue weighted by atomic mass is 9.94. The zero-order chi connectivity index (χ0) is 37.7. The molecule has 51 heavy (non-hydrogen) atoms. The number of rotatable bonds is 7. The highest BCUT2D eigenvalue weighted by atomic mass is 16.2. The van der Waals surface area contributed by atoms with Gasteiger partial charge in [0.1, 0.15) is 0 Å². The van der Waals surface area contributed by atoms with E-state index in [2.05, 4.69) is 64.3 Å². The Bertz CT molecular complexity index is 1420. The molecule has 0 atom stereocenters. The molecule has 2 saturated heterocycles. The fourth-order valence-electron chi connectivity index (χ4n) is 6.05. The molecule has 2 aliphatic rings. The molecule has 0 radical (unpaired) electrons. The molecule has 6 amide bonds. The first-order valence-corrected chi connectivity index (χ1v) is 18.9. The Morgan fingerprint density at radius 2 is 0.941 bits per heavy atom. The van der Waals surface area contributed by atoms with E-state index in [9.17, 15) is 19.2 Å². The summed E-state index contributed by atoms with van der Waals surface area (Å²) in [6.07, 6.45) is 3.16. The van der Waals surface area contributed by atoms with Crippen LogP contribution < -0.4 is 10.6 Å². The van der Waals surface area contributed by atoms with E-state index in [4.69, 9.17) is 0 Å². The summed E-state index contributed by atoms with van der Waals surface area (Å²) in [4.78, 5) is 57.2. The van der Waals surface area contributed by atoms with Crippen molar-refractivity contribution in [3.63, 3.8) is 0 Å². The molecular weight excluding hydrogens is 640 g/mol. The van der Waals surface area contributed by atoms with Gasteiger partial charge < -0.3 is 30.2 Å². The van der Waals surface area contributed by atoms with Gasteiger partial charge in [-0.05, 0) is 72.4 Å². The standard InChI is InChI=1S/C21H33N3O2.C20H31N3O2/c1-16(2)6-11-20(25)23-12-5-13-24(15-14-23)21(26)22-19-9-7-18(8-10-19)17(3)4;1-15(2)16-7-9-17(10-8-16)21-19(25)23-12-6-11-22(13-14-23)18(24)20(3,4)5/h7-10,16-17H,5-6,11-15H2,1-4H3,(H,22,26);7-10,15H,6,11-14H2,1-5H3,(H,21,25). The summed E-state index contributed by atoms with van der Waals surface area (Å²) in [5, 5.41) is 5.94. The van der Waals surface area contributed by atoms with E-state index in [1.165, 1.54) is 11.1 Å². The summed E-state index contributed by atoms with van der Waals surface area (Å²) in [7, 11) is 0. The van der Waals surface area contributed by atoms with Crippen molar-refractivity contribution in [1.29, 1.82) is 0 Å². The van der Waals surface area contributed by atoms with Crippen molar-refractivity contribution in [3.05, 3.63) is 59.7 Å². The van der Waals surface area contributed by atoms with Gasteiger partial charge in [-0.3, -0.25) is 9.59 Å². The molecule has 0 saturated carbocycles. The number of benzene rings is 2. The average Bonchev–Trinajstić information content (AvgIpc) is 3.49. The van der Waals surface area contributed by atoms with E-state index >= 15 is 0 Å². The lowest BCUT2D eigenvalue weighted by Gasteiger charge is -2.28.